The van der Waals surface area contributed by atoms with E-state index in [2.05, 4.69) is 4.74 Å². The van der Waals surface area contributed by atoms with Crippen LogP contribution in [0.3, 0.4) is 0 Å². The minimum atomic E-state index is -1.87. The van der Waals surface area contributed by atoms with Crippen molar-refractivity contribution in [2.45, 2.75) is 12.8 Å². The van der Waals surface area contributed by atoms with Crippen LogP contribution in [0, 0.1) is 5.82 Å². The summed E-state index contributed by atoms with van der Waals surface area (Å²) in [5.74, 6) is -6.91. The van der Waals surface area contributed by atoms with Crippen LogP contribution in [0.15, 0.2) is 18.2 Å². The summed E-state index contributed by atoms with van der Waals surface area (Å²) in [6.45, 7) is 1.40. The van der Waals surface area contributed by atoms with E-state index in [0.29, 0.717) is 6.07 Å². The standard InChI is InChI=1S/C12H11FO6/c1-2-19-12(18)9(11(16)17)8-5-6(13)3-4-7(8)10(14)15/h3-5,9H,2H2,1H3,(H,14,15)(H,16,17). The van der Waals surface area contributed by atoms with Crippen LogP contribution in [0.25, 0.3) is 0 Å². The zero-order valence-electron chi connectivity index (χ0n) is 9.92. The molecule has 0 amide bonds. The van der Waals surface area contributed by atoms with Crippen LogP contribution in [0.1, 0.15) is 28.8 Å². The van der Waals surface area contributed by atoms with E-state index >= 15 is 0 Å². The first kappa shape index (κ1) is 14.6. The maximum absolute atomic E-state index is 13.1. The fourth-order valence-electron chi connectivity index (χ4n) is 1.55. The van der Waals surface area contributed by atoms with E-state index < -0.39 is 40.8 Å². The number of aromatic carboxylic acids is 1. The number of hydrogen-bond acceptors (Lipinski definition) is 4. The number of hydrogen-bond donors (Lipinski definition) is 2. The summed E-state index contributed by atoms with van der Waals surface area (Å²) >= 11 is 0. The third-order valence-electron chi connectivity index (χ3n) is 2.32. The van der Waals surface area contributed by atoms with Crippen molar-refractivity contribution in [3.8, 4) is 0 Å². The third kappa shape index (κ3) is 3.27. The van der Waals surface area contributed by atoms with E-state index in [9.17, 15) is 18.8 Å². The van der Waals surface area contributed by atoms with E-state index in [-0.39, 0.29) is 6.61 Å². The molecule has 1 aromatic rings. The van der Waals surface area contributed by atoms with Gasteiger partial charge in [0.1, 0.15) is 5.82 Å². The topological polar surface area (TPSA) is 101 Å². The molecule has 0 aliphatic heterocycles. The number of carboxylic acid groups (broad SMARTS) is 2. The maximum atomic E-state index is 13.1. The predicted octanol–water partition coefficient (Wildman–Crippen LogP) is 1.26. The number of carbonyl (C=O) groups excluding carboxylic acids is 1. The molecule has 2 N–H and O–H groups in total. The second-order valence-electron chi connectivity index (χ2n) is 3.56. The van der Waals surface area contributed by atoms with E-state index in [0.717, 1.165) is 12.1 Å². The lowest BCUT2D eigenvalue weighted by Crippen LogP contribution is -2.26. The van der Waals surface area contributed by atoms with Gasteiger partial charge in [-0.25, -0.2) is 9.18 Å². The fourth-order valence-corrected chi connectivity index (χ4v) is 1.55. The summed E-state index contributed by atoms with van der Waals surface area (Å²) in [4.78, 5) is 33.6. The van der Waals surface area contributed by atoms with E-state index in [4.69, 9.17) is 10.2 Å². The Balaban J connectivity index is 3.37. The molecule has 7 heteroatoms. The molecule has 1 aromatic carbocycles. The zero-order valence-corrected chi connectivity index (χ0v) is 9.92. The van der Waals surface area contributed by atoms with E-state index in [1.165, 1.54) is 6.92 Å². The summed E-state index contributed by atoms with van der Waals surface area (Å²) in [5.41, 5.74) is -0.902. The Morgan fingerprint density at radius 1 is 1.32 bits per heavy atom. The fraction of sp³-hybridized carbons (Fsp3) is 0.250. The summed E-state index contributed by atoms with van der Waals surface area (Å²) in [6.07, 6.45) is 0. The number of benzene rings is 1. The van der Waals surface area contributed by atoms with Gasteiger partial charge in [-0.2, -0.15) is 0 Å². The summed E-state index contributed by atoms with van der Waals surface area (Å²) < 4.78 is 17.7. The molecule has 1 rings (SSSR count). The molecule has 1 atom stereocenters. The second kappa shape index (κ2) is 5.94. The Hall–Kier alpha value is -2.44. The van der Waals surface area contributed by atoms with Gasteiger partial charge in [0, 0.05) is 0 Å². The van der Waals surface area contributed by atoms with Gasteiger partial charge >= 0.3 is 17.9 Å². The summed E-state index contributed by atoms with van der Waals surface area (Å²) in [5, 5.41) is 17.9. The van der Waals surface area contributed by atoms with Gasteiger partial charge < -0.3 is 14.9 Å². The molecule has 0 aromatic heterocycles. The van der Waals surface area contributed by atoms with Crippen LogP contribution >= 0.6 is 0 Å². The van der Waals surface area contributed by atoms with E-state index in [1.54, 1.807) is 0 Å². The van der Waals surface area contributed by atoms with Crippen LogP contribution in [0.2, 0.25) is 0 Å². The number of carboxylic acids is 2. The second-order valence-corrected chi connectivity index (χ2v) is 3.56. The molecule has 0 heterocycles. The van der Waals surface area contributed by atoms with Gasteiger partial charge in [0.25, 0.3) is 0 Å². The molecular formula is C12H11FO6. The number of rotatable bonds is 5. The molecule has 0 radical (unpaired) electrons. The van der Waals surface area contributed by atoms with Crippen molar-refractivity contribution in [1.82, 2.24) is 0 Å². The predicted molar refractivity (Wildman–Crippen MR) is 60.4 cm³/mol. The average Bonchev–Trinajstić information content (AvgIpc) is 2.28. The zero-order chi connectivity index (χ0) is 14.6. The van der Waals surface area contributed by atoms with Crippen molar-refractivity contribution in [3.63, 3.8) is 0 Å². The third-order valence-corrected chi connectivity index (χ3v) is 2.32. The Labute approximate surface area is 107 Å². The average molecular weight is 270 g/mol. The van der Waals surface area contributed by atoms with Crippen molar-refractivity contribution in [2.24, 2.45) is 0 Å². The van der Waals surface area contributed by atoms with Gasteiger partial charge in [-0.15, -0.1) is 0 Å². The molecule has 0 saturated carbocycles. The van der Waals surface area contributed by atoms with Crippen molar-refractivity contribution >= 4 is 17.9 Å². The Morgan fingerprint density at radius 3 is 2.42 bits per heavy atom. The summed E-state index contributed by atoms with van der Waals surface area (Å²) in [7, 11) is 0. The number of halogens is 1. The number of aliphatic carboxylic acids is 1. The number of esters is 1. The molecule has 0 aliphatic carbocycles. The normalized spacial score (nSPS) is 11.7. The van der Waals surface area contributed by atoms with Crippen LogP contribution in [-0.4, -0.2) is 34.7 Å². The number of carbonyl (C=O) groups is 3. The van der Waals surface area contributed by atoms with Gasteiger partial charge in [-0.3, -0.25) is 9.59 Å². The van der Waals surface area contributed by atoms with Crippen molar-refractivity contribution in [2.75, 3.05) is 6.61 Å². The maximum Gasteiger partial charge on any atom is 0.336 e. The van der Waals surface area contributed by atoms with Crippen molar-refractivity contribution in [3.05, 3.63) is 35.1 Å². The molecule has 19 heavy (non-hydrogen) atoms. The highest BCUT2D eigenvalue weighted by atomic mass is 19.1. The van der Waals surface area contributed by atoms with Crippen LogP contribution in [-0.2, 0) is 14.3 Å². The molecular weight excluding hydrogens is 259 g/mol. The summed E-state index contributed by atoms with van der Waals surface area (Å²) in [6, 6.07) is 2.48. The molecule has 0 saturated heterocycles. The van der Waals surface area contributed by atoms with Gasteiger partial charge in [0.15, 0.2) is 5.92 Å². The first-order valence-corrected chi connectivity index (χ1v) is 5.30. The van der Waals surface area contributed by atoms with Crippen LogP contribution < -0.4 is 0 Å². The minimum absolute atomic E-state index is 0.0691. The molecule has 0 bridgehead atoms. The Kier molecular flexibility index (Phi) is 4.57. The van der Waals surface area contributed by atoms with Crippen LogP contribution in [0.4, 0.5) is 4.39 Å². The Bertz CT molecular complexity index is 525. The lowest BCUT2D eigenvalue weighted by atomic mass is 9.94. The van der Waals surface area contributed by atoms with Crippen molar-refractivity contribution in [1.29, 1.82) is 0 Å². The molecule has 0 spiro atoms. The first-order chi connectivity index (χ1) is 8.88. The SMILES string of the molecule is CCOC(=O)C(C(=O)O)c1cc(F)ccc1C(=O)O. The number of ether oxygens (including phenoxy) is 1. The minimum Gasteiger partial charge on any atom is -0.480 e. The van der Waals surface area contributed by atoms with E-state index in [1.807, 2.05) is 0 Å². The monoisotopic (exact) mass is 270 g/mol. The van der Waals surface area contributed by atoms with Gasteiger partial charge in [0.05, 0.1) is 12.2 Å². The molecule has 1 unspecified atom stereocenters. The molecule has 102 valence electrons. The van der Waals surface area contributed by atoms with Crippen molar-refractivity contribution < 1.29 is 33.7 Å². The molecule has 0 fully saturated rings. The largest absolute Gasteiger partial charge is 0.480 e. The molecule has 0 aliphatic rings. The van der Waals surface area contributed by atoms with Gasteiger partial charge in [-0.05, 0) is 30.7 Å². The Morgan fingerprint density at radius 2 is 1.95 bits per heavy atom. The lowest BCUT2D eigenvalue weighted by molar-refractivity contribution is -0.153. The first-order valence-electron chi connectivity index (χ1n) is 5.30. The smallest absolute Gasteiger partial charge is 0.336 e. The highest BCUT2D eigenvalue weighted by Gasteiger charge is 2.33. The highest BCUT2D eigenvalue weighted by Crippen LogP contribution is 2.23. The van der Waals surface area contributed by atoms with Gasteiger partial charge in [-0.1, -0.05) is 0 Å². The highest BCUT2D eigenvalue weighted by molar-refractivity contribution is 6.03. The quantitative estimate of drug-likeness (QED) is 0.617. The lowest BCUT2D eigenvalue weighted by Gasteiger charge is -2.14. The van der Waals surface area contributed by atoms with Crippen LogP contribution in [0.5, 0.6) is 0 Å². The molecule has 6 nitrogen and oxygen atoms in total. The van der Waals surface area contributed by atoms with Gasteiger partial charge in [0.2, 0.25) is 0 Å².